The number of fused-ring (bicyclic) bond motifs is 1. The van der Waals surface area contributed by atoms with Crippen molar-refractivity contribution in [2.24, 2.45) is 5.10 Å². The number of aryl methyl sites for hydroxylation is 2. The van der Waals surface area contributed by atoms with Gasteiger partial charge in [-0.05, 0) is 51.1 Å². The molecule has 6 heteroatoms. The van der Waals surface area contributed by atoms with Crippen LogP contribution in [-0.4, -0.2) is 26.2 Å². The van der Waals surface area contributed by atoms with Gasteiger partial charge < -0.3 is 4.57 Å². The third-order valence-corrected chi connectivity index (χ3v) is 3.94. The lowest BCUT2D eigenvalue weighted by Crippen LogP contribution is -2.19. The van der Waals surface area contributed by atoms with Crippen LogP contribution in [0.15, 0.2) is 47.8 Å². The molecule has 6 nitrogen and oxygen atoms in total. The molecule has 0 aliphatic rings. The van der Waals surface area contributed by atoms with E-state index in [1.807, 2.05) is 32.0 Å². The zero-order valence-electron chi connectivity index (χ0n) is 13.9. The fraction of sp³-hybridized carbons (Fsp3) is 0.222. The number of pyridine rings is 1. The summed E-state index contributed by atoms with van der Waals surface area (Å²) < 4.78 is 2.11. The summed E-state index contributed by atoms with van der Waals surface area (Å²) in [6, 6.07) is 9.20. The average molecular weight is 321 g/mol. The van der Waals surface area contributed by atoms with Crippen molar-refractivity contribution in [3.05, 3.63) is 59.7 Å². The molecule has 0 saturated carbocycles. The first-order valence-electron chi connectivity index (χ1n) is 7.82. The van der Waals surface area contributed by atoms with Gasteiger partial charge in [0.1, 0.15) is 5.82 Å². The Morgan fingerprint density at radius 2 is 1.96 bits per heavy atom. The number of benzene rings is 1. The van der Waals surface area contributed by atoms with Gasteiger partial charge in [0.15, 0.2) is 0 Å². The monoisotopic (exact) mass is 321 g/mol. The maximum absolute atomic E-state index is 12.3. The van der Waals surface area contributed by atoms with Crippen molar-refractivity contribution >= 4 is 22.7 Å². The van der Waals surface area contributed by atoms with E-state index in [0.717, 1.165) is 34.7 Å². The molecule has 0 bridgehead atoms. The Hall–Kier alpha value is -3.02. The number of hydrogen-bond acceptors (Lipinski definition) is 4. The number of rotatable bonds is 4. The molecule has 1 amide bonds. The second kappa shape index (κ2) is 6.62. The van der Waals surface area contributed by atoms with Gasteiger partial charge >= 0.3 is 0 Å². The highest BCUT2D eigenvalue weighted by atomic mass is 16.2. The Bertz CT molecular complexity index is 912. The molecule has 0 atom stereocenters. The molecule has 0 unspecified atom stereocenters. The molecular formula is C18H19N5O. The number of amides is 1. The minimum absolute atomic E-state index is 0.256. The van der Waals surface area contributed by atoms with E-state index in [1.54, 1.807) is 24.5 Å². The Kier molecular flexibility index (Phi) is 4.37. The van der Waals surface area contributed by atoms with Gasteiger partial charge in [0.25, 0.3) is 5.91 Å². The Morgan fingerprint density at radius 3 is 2.67 bits per heavy atom. The molecule has 0 aliphatic carbocycles. The standard InChI is InChI=1S/C18H19N5O/c1-4-23-13(3)20-16-11-15(5-6-17(16)23)18(24)22-21-12(2)14-7-9-19-10-8-14/h5-11H,4H2,1-3H3,(H,22,24)/b21-12+. The van der Waals surface area contributed by atoms with Crippen LogP contribution in [0.4, 0.5) is 0 Å². The molecule has 0 radical (unpaired) electrons. The van der Waals surface area contributed by atoms with Crippen molar-refractivity contribution in [2.75, 3.05) is 0 Å². The van der Waals surface area contributed by atoms with Gasteiger partial charge in [-0.1, -0.05) is 0 Å². The van der Waals surface area contributed by atoms with Gasteiger partial charge in [0, 0.05) is 30.1 Å². The van der Waals surface area contributed by atoms with Gasteiger partial charge in [-0.3, -0.25) is 9.78 Å². The predicted molar refractivity (Wildman–Crippen MR) is 94.1 cm³/mol. The first-order valence-corrected chi connectivity index (χ1v) is 7.82. The highest BCUT2D eigenvalue weighted by molar-refractivity contribution is 6.01. The molecule has 0 fully saturated rings. The first-order chi connectivity index (χ1) is 11.6. The van der Waals surface area contributed by atoms with E-state index in [2.05, 4.69) is 32.0 Å². The maximum Gasteiger partial charge on any atom is 0.271 e. The third-order valence-electron chi connectivity index (χ3n) is 3.94. The molecular weight excluding hydrogens is 302 g/mol. The lowest BCUT2D eigenvalue weighted by Gasteiger charge is -2.04. The number of hydrazone groups is 1. The number of nitrogens with zero attached hydrogens (tertiary/aromatic N) is 4. The average Bonchev–Trinajstić information content (AvgIpc) is 2.94. The summed E-state index contributed by atoms with van der Waals surface area (Å²) in [5, 5.41) is 4.15. The summed E-state index contributed by atoms with van der Waals surface area (Å²) in [4.78, 5) is 20.8. The normalized spacial score (nSPS) is 11.7. The molecule has 0 spiro atoms. The molecule has 1 aromatic carbocycles. The van der Waals surface area contributed by atoms with E-state index in [0.29, 0.717) is 5.56 Å². The Morgan fingerprint density at radius 1 is 1.21 bits per heavy atom. The van der Waals surface area contributed by atoms with Crippen LogP contribution in [0.2, 0.25) is 0 Å². The van der Waals surface area contributed by atoms with E-state index in [-0.39, 0.29) is 5.91 Å². The zero-order chi connectivity index (χ0) is 17.1. The lowest BCUT2D eigenvalue weighted by atomic mass is 10.2. The third kappa shape index (κ3) is 3.03. The zero-order valence-corrected chi connectivity index (χ0v) is 13.9. The topological polar surface area (TPSA) is 72.2 Å². The second-order valence-corrected chi connectivity index (χ2v) is 5.48. The fourth-order valence-corrected chi connectivity index (χ4v) is 2.65. The number of aromatic nitrogens is 3. The SMILES string of the molecule is CCn1c(C)nc2cc(C(=O)N/N=C(\C)c3ccncc3)ccc21. The molecule has 3 aromatic rings. The summed E-state index contributed by atoms with van der Waals surface area (Å²) in [5.41, 5.74) is 6.61. The van der Waals surface area contributed by atoms with E-state index in [4.69, 9.17) is 0 Å². The minimum Gasteiger partial charge on any atom is -0.329 e. The first kappa shape index (κ1) is 15.9. The smallest absolute Gasteiger partial charge is 0.271 e. The number of carbonyl (C=O) groups excluding carboxylic acids is 1. The molecule has 1 N–H and O–H groups in total. The number of carbonyl (C=O) groups is 1. The van der Waals surface area contributed by atoms with Gasteiger partial charge in [-0.15, -0.1) is 0 Å². The molecule has 122 valence electrons. The molecule has 3 rings (SSSR count). The van der Waals surface area contributed by atoms with Crippen LogP contribution in [0.1, 0.15) is 35.6 Å². The van der Waals surface area contributed by atoms with Gasteiger partial charge in [0.05, 0.1) is 16.7 Å². The summed E-state index contributed by atoms with van der Waals surface area (Å²) in [6.07, 6.45) is 3.38. The van der Waals surface area contributed by atoms with E-state index >= 15 is 0 Å². The summed E-state index contributed by atoms with van der Waals surface area (Å²) in [6.45, 7) is 6.73. The summed E-state index contributed by atoms with van der Waals surface area (Å²) >= 11 is 0. The van der Waals surface area contributed by atoms with Crippen LogP contribution >= 0.6 is 0 Å². The van der Waals surface area contributed by atoms with Crippen molar-refractivity contribution in [1.29, 1.82) is 0 Å². The van der Waals surface area contributed by atoms with Crippen molar-refractivity contribution in [3.63, 3.8) is 0 Å². The van der Waals surface area contributed by atoms with Crippen LogP contribution in [0.3, 0.4) is 0 Å². The molecule has 0 aliphatic heterocycles. The summed E-state index contributed by atoms with van der Waals surface area (Å²) in [7, 11) is 0. The van der Waals surface area contributed by atoms with E-state index in [1.165, 1.54) is 0 Å². The van der Waals surface area contributed by atoms with E-state index in [9.17, 15) is 4.79 Å². The molecule has 24 heavy (non-hydrogen) atoms. The number of imidazole rings is 1. The van der Waals surface area contributed by atoms with Gasteiger partial charge in [-0.25, -0.2) is 10.4 Å². The van der Waals surface area contributed by atoms with Crippen molar-refractivity contribution in [1.82, 2.24) is 20.0 Å². The van der Waals surface area contributed by atoms with Gasteiger partial charge in [0.2, 0.25) is 0 Å². The number of hydrogen-bond donors (Lipinski definition) is 1. The highest BCUT2D eigenvalue weighted by Crippen LogP contribution is 2.17. The van der Waals surface area contributed by atoms with Crippen LogP contribution in [-0.2, 0) is 6.54 Å². The van der Waals surface area contributed by atoms with Crippen LogP contribution < -0.4 is 5.43 Å². The fourth-order valence-electron chi connectivity index (χ4n) is 2.65. The van der Waals surface area contributed by atoms with Gasteiger partial charge in [-0.2, -0.15) is 5.10 Å². The quantitative estimate of drug-likeness (QED) is 0.593. The molecule has 2 aromatic heterocycles. The molecule has 0 saturated heterocycles. The van der Waals surface area contributed by atoms with E-state index < -0.39 is 0 Å². The van der Waals surface area contributed by atoms with Crippen molar-refractivity contribution in [2.45, 2.75) is 27.3 Å². The van der Waals surface area contributed by atoms with Crippen LogP contribution in [0.25, 0.3) is 11.0 Å². The maximum atomic E-state index is 12.3. The minimum atomic E-state index is -0.256. The Balaban J connectivity index is 1.81. The van der Waals surface area contributed by atoms with Crippen molar-refractivity contribution < 1.29 is 4.79 Å². The highest BCUT2D eigenvalue weighted by Gasteiger charge is 2.10. The molecule has 2 heterocycles. The Labute approximate surface area is 140 Å². The summed E-state index contributed by atoms with van der Waals surface area (Å²) in [5.74, 6) is 0.686. The van der Waals surface area contributed by atoms with Crippen molar-refractivity contribution in [3.8, 4) is 0 Å². The second-order valence-electron chi connectivity index (χ2n) is 5.48. The largest absolute Gasteiger partial charge is 0.329 e. The van der Waals surface area contributed by atoms with Crippen LogP contribution in [0.5, 0.6) is 0 Å². The lowest BCUT2D eigenvalue weighted by molar-refractivity contribution is 0.0955. The number of nitrogens with one attached hydrogen (secondary N) is 1. The van der Waals surface area contributed by atoms with Crippen LogP contribution in [0, 0.1) is 6.92 Å². The predicted octanol–water partition coefficient (Wildman–Crippen LogP) is 2.91.